The zero-order chi connectivity index (χ0) is 17.3. The Hall–Kier alpha value is -2.75. The number of carbonyl (C=O) groups is 1. The Labute approximate surface area is 142 Å². The fourth-order valence-corrected chi connectivity index (χ4v) is 2.99. The minimum atomic E-state index is -0.581. The van der Waals surface area contributed by atoms with Crippen molar-refractivity contribution in [3.63, 3.8) is 0 Å². The van der Waals surface area contributed by atoms with Gasteiger partial charge in [0.05, 0.1) is 5.69 Å². The lowest BCUT2D eigenvalue weighted by Gasteiger charge is -2.34. The van der Waals surface area contributed by atoms with Gasteiger partial charge in [0.15, 0.2) is 6.10 Å². The number of amides is 1. The lowest BCUT2D eigenvalue weighted by molar-refractivity contribution is -0.126. The summed E-state index contributed by atoms with van der Waals surface area (Å²) in [5.41, 5.74) is 4.07. The van der Waals surface area contributed by atoms with Gasteiger partial charge in [-0.05, 0) is 42.7 Å². The van der Waals surface area contributed by atoms with Crippen LogP contribution in [0.5, 0.6) is 11.5 Å². The first kappa shape index (κ1) is 16.1. The standard InChI is InChI=1S/C20H21NO3/c1-4-10-21-17-12-16(22)8-9-18(17)24-19(20(21)23)11-15-7-5-6-13(2)14(15)3/h4-9,12,19,22H,1,10-11H2,2-3H3. The number of aromatic hydroxyl groups is 1. The molecule has 3 rings (SSSR count). The van der Waals surface area contributed by atoms with Crippen molar-refractivity contribution in [1.82, 2.24) is 0 Å². The van der Waals surface area contributed by atoms with Crippen LogP contribution >= 0.6 is 0 Å². The topological polar surface area (TPSA) is 49.8 Å². The fourth-order valence-electron chi connectivity index (χ4n) is 2.99. The van der Waals surface area contributed by atoms with Crippen LogP contribution in [0.25, 0.3) is 0 Å². The highest BCUT2D eigenvalue weighted by Gasteiger charge is 2.34. The average molecular weight is 323 g/mol. The average Bonchev–Trinajstić information content (AvgIpc) is 2.56. The maximum Gasteiger partial charge on any atom is 0.268 e. The van der Waals surface area contributed by atoms with E-state index in [0.29, 0.717) is 24.4 Å². The first-order chi connectivity index (χ1) is 11.5. The highest BCUT2D eigenvalue weighted by molar-refractivity contribution is 6.00. The van der Waals surface area contributed by atoms with E-state index in [2.05, 4.69) is 26.5 Å². The van der Waals surface area contributed by atoms with Gasteiger partial charge in [-0.2, -0.15) is 0 Å². The molecular weight excluding hydrogens is 302 g/mol. The minimum absolute atomic E-state index is 0.104. The summed E-state index contributed by atoms with van der Waals surface area (Å²) in [6.45, 7) is 8.22. The highest BCUT2D eigenvalue weighted by atomic mass is 16.5. The Morgan fingerprint density at radius 1 is 1.29 bits per heavy atom. The molecule has 0 aromatic heterocycles. The molecule has 2 aromatic carbocycles. The molecule has 0 radical (unpaired) electrons. The van der Waals surface area contributed by atoms with Crippen LogP contribution in [-0.2, 0) is 11.2 Å². The zero-order valence-electron chi connectivity index (χ0n) is 14.0. The molecule has 0 spiro atoms. The maximum atomic E-state index is 12.9. The van der Waals surface area contributed by atoms with Crippen LogP contribution in [-0.4, -0.2) is 23.7 Å². The van der Waals surface area contributed by atoms with E-state index in [1.165, 1.54) is 11.1 Å². The molecule has 1 aliphatic rings. The van der Waals surface area contributed by atoms with Crippen molar-refractivity contribution >= 4 is 11.6 Å². The monoisotopic (exact) mass is 323 g/mol. The predicted octanol–water partition coefficient (Wildman–Crippen LogP) is 3.53. The van der Waals surface area contributed by atoms with E-state index >= 15 is 0 Å². The van der Waals surface area contributed by atoms with Gasteiger partial charge in [0.2, 0.25) is 0 Å². The van der Waals surface area contributed by atoms with E-state index in [0.717, 1.165) is 5.56 Å². The van der Waals surface area contributed by atoms with Crippen molar-refractivity contribution in [2.24, 2.45) is 0 Å². The number of fused-ring (bicyclic) bond motifs is 1. The molecule has 1 atom stereocenters. The summed E-state index contributed by atoms with van der Waals surface area (Å²) < 4.78 is 5.94. The normalized spacial score (nSPS) is 16.5. The van der Waals surface area contributed by atoms with Gasteiger partial charge in [-0.25, -0.2) is 0 Å². The Morgan fingerprint density at radius 3 is 2.83 bits per heavy atom. The number of carbonyl (C=O) groups excluding carboxylic acids is 1. The molecule has 4 heteroatoms. The molecule has 0 fully saturated rings. The third-order valence-corrected chi connectivity index (χ3v) is 4.48. The Kier molecular flexibility index (Phi) is 4.30. The van der Waals surface area contributed by atoms with Gasteiger partial charge in [-0.15, -0.1) is 6.58 Å². The molecule has 0 saturated heterocycles. The van der Waals surface area contributed by atoms with Crippen LogP contribution < -0.4 is 9.64 Å². The third kappa shape index (κ3) is 2.87. The van der Waals surface area contributed by atoms with Crippen LogP contribution in [0, 0.1) is 13.8 Å². The maximum absolute atomic E-state index is 12.9. The summed E-state index contributed by atoms with van der Waals surface area (Å²) in [4.78, 5) is 14.5. The predicted molar refractivity (Wildman–Crippen MR) is 94.7 cm³/mol. The molecule has 124 valence electrons. The second kappa shape index (κ2) is 6.40. The van der Waals surface area contributed by atoms with E-state index in [1.807, 2.05) is 12.1 Å². The fraction of sp³-hybridized carbons (Fsp3) is 0.250. The second-order valence-corrected chi connectivity index (χ2v) is 6.06. The third-order valence-electron chi connectivity index (χ3n) is 4.48. The number of nitrogens with zero attached hydrogens (tertiary/aromatic N) is 1. The molecule has 24 heavy (non-hydrogen) atoms. The van der Waals surface area contributed by atoms with Crippen LogP contribution in [0.3, 0.4) is 0 Å². The van der Waals surface area contributed by atoms with E-state index in [-0.39, 0.29) is 11.7 Å². The number of phenols is 1. The molecule has 0 aliphatic carbocycles. The van der Waals surface area contributed by atoms with Crippen molar-refractivity contribution < 1.29 is 14.6 Å². The Bertz CT molecular complexity index is 797. The first-order valence-corrected chi connectivity index (χ1v) is 7.98. The molecule has 1 unspecified atom stereocenters. The number of phenolic OH excluding ortho intramolecular Hbond substituents is 1. The number of rotatable bonds is 4. The molecule has 1 amide bonds. The van der Waals surface area contributed by atoms with Gasteiger partial charge >= 0.3 is 0 Å². The molecule has 0 saturated carbocycles. The first-order valence-electron chi connectivity index (χ1n) is 7.98. The number of hydrogen-bond acceptors (Lipinski definition) is 3. The van der Waals surface area contributed by atoms with Gasteiger partial charge in [-0.1, -0.05) is 24.3 Å². The summed E-state index contributed by atoms with van der Waals surface area (Å²) in [6, 6.07) is 10.9. The quantitative estimate of drug-likeness (QED) is 0.876. The van der Waals surface area contributed by atoms with Gasteiger partial charge in [0.25, 0.3) is 5.91 Å². The highest BCUT2D eigenvalue weighted by Crippen LogP contribution is 2.37. The summed E-state index contributed by atoms with van der Waals surface area (Å²) >= 11 is 0. The molecule has 1 N–H and O–H groups in total. The summed E-state index contributed by atoms with van der Waals surface area (Å²) in [7, 11) is 0. The Balaban J connectivity index is 1.95. The lowest BCUT2D eigenvalue weighted by Crippen LogP contribution is -2.47. The second-order valence-electron chi connectivity index (χ2n) is 6.06. The van der Waals surface area contributed by atoms with Crippen molar-refractivity contribution in [2.75, 3.05) is 11.4 Å². The number of benzene rings is 2. The van der Waals surface area contributed by atoms with Crippen molar-refractivity contribution in [3.05, 3.63) is 65.7 Å². The van der Waals surface area contributed by atoms with E-state index in [4.69, 9.17) is 4.74 Å². The number of ether oxygens (including phenoxy) is 1. The summed E-state index contributed by atoms with van der Waals surface area (Å²) in [5.74, 6) is 0.589. The van der Waals surface area contributed by atoms with Gasteiger partial charge in [-0.3, -0.25) is 4.79 Å². The van der Waals surface area contributed by atoms with Gasteiger partial charge < -0.3 is 14.7 Å². The molecular formula is C20H21NO3. The molecule has 0 bridgehead atoms. The zero-order valence-corrected chi connectivity index (χ0v) is 14.0. The minimum Gasteiger partial charge on any atom is -0.508 e. The summed E-state index contributed by atoms with van der Waals surface area (Å²) in [6.07, 6.45) is 1.61. The van der Waals surface area contributed by atoms with Crippen LogP contribution in [0.2, 0.25) is 0 Å². The van der Waals surface area contributed by atoms with Crippen molar-refractivity contribution in [3.8, 4) is 11.5 Å². The summed E-state index contributed by atoms with van der Waals surface area (Å²) in [5, 5.41) is 9.71. The largest absolute Gasteiger partial charge is 0.508 e. The number of anilines is 1. The Morgan fingerprint density at radius 2 is 2.08 bits per heavy atom. The van der Waals surface area contributed by atoms with Crippen LogP contribution in [0.15, 0.2) is 49.1 Å². The number of aryl methyl sites for hydroxylation is 1. The smallest absolute Gasteiger partial charge is 0.268 e. The van der Waals surface area contributed by atoms with Crippen molar-refractivity contribution in [2.45, 2.75) is 26.4 Å². The molecule has 4 nitrogen and oxygen atoms in total. The molecule has 1 aliphatic heterocycles. The lowest BCUT2D eigenvalue weighted by atomic mass is 9.97. The van der Waals surface area contributed by atoms with Crippen molar-refractivity contribution in [1.29, 1.82) is 0 Å². The van der Waals surface area contributed by atoms with Gasteiger partial charge in [0.1, 0.15) is 11.5 Å². The molecule has 2 aromatic rings. The van der Waals surface area contributed by atoms with Crippen LogP contribution in [0.1, 0.15) is 16.7 Å². The van der Waals surface area contributed by atoms with E-state index in [9.17, 15) is 9.90 Å². The van der Waals surface area contributed by atoms with Crippen LogP contribution in [0.4, 0.5) is 5.69 Å². The van der Waals surface area contributed by atoms with E-state index < -0.39 is 6.10 Å². The van der Waals surface area contributed by atoms with E-state index in [1.54, 1.807) is 29.2 Å². The SMILES string of the molecule is C=CCN1C(=O)C(Cc2cccc(C)c2C)Oc2ccc(O)cc21. The van der Waals surface area contributed by atoms with Gasteiger partial charge in [0, 0.05) is 19.0 Å². The number of hydrogen-bond donors (Lipinski definition) is 1. The molecule has 1 heterocycles.